The molecular weight excluding hydrogens is 220 g/mol. The first-order valence-electron chi connectivity index (χ1n) is 5.36. The number of benzene rings is 1. The Morgan fingerprint density at radius 1 is 1.18 bits per heavy atom. The van der Waals surface area contributed by atoms with Gasteiger partial charge in [0.2, 0.25) is 0 Å². The van der Waals surface area contributed by atoms with Gasteiger partial charge in [-0.25, -0.2) is 0 Å². The Labute approximate surface area is 99.8 Å². The minimum Gasteiger partial charge on any atom is -0.395 e. The number of amides is 2. The molecule has 0 bridgehead atoms. The summed E-state index contributed by atoms with van der Waals surface area (Å²) in [5.41, 5.74) is 2.03. The summed E-state index contributed by atoms with van der Waals surface area (Å²) >= 11 is 0. The van der Waals surface area contributed by atoms with Gasteiger partial charge in [0.25, 0.3) is 0 Å². The zero-order valence-corrected chi connectivity index (χ0v) is 9.69. The van der Waals surface area contributed by atoms with Gasteiger partial charge in [-0.05, 0) is 18.1 Å². The van der Waals surface area contributed by atoms with Crippen molar-refractivity contribution in [3.8, 4) is 0 Å². The van der Waals surface area contributed by atoms with E-state index in [-0.39, 0.29) is 13.2 Å². The molecule has 0 heterocycles. The molecule has 0 aromatic heterocycles. The molecule has 0 saturated carbocycles. The van der Waals surface area contributed by atoms with E-state index in [9.17, 15) is 9.59 Å². The van der Waals surface area contributed by atoms with Crippen molar-refractivity contribution in [2.75, 3.05) is 13.2 Å². The highest BCUT2D eigenvalue weighted by Gasteiger charge is 2.11. The number of aryl methyl sites for hydroxylation is 1. The first-order chi connectivity index (χ1) is 8.15. The van der Waals surface area contributed by atoms with E-state index in [1.54, 1.807) is 0 Å². The second-order valence-electron chi connectivity index (χ2n) is 3.59. The van der Waals surface area contributed by atoms with Crippen molar-refractivity contribution in [1.29, 1.82) is 0 Å². The van der Waals surface area contributed by atoms with Gasteiger partial charge in [0.15, 0.2) is 0 Å². The lowest BCUT2D eigenvalue weighted by Crippen LogP contribution is -2.40. The average Bonchev–Trinajstić information content (AvgIpc) is 2.34. The zero-order chi connectivity index (χ0) is 12.7. The molecule has 2 amide bonds. The first kappa shape index (κ1) is 13.2. The van der Waals surface area contributed by atoms with Crippen molar-refractivity contribution >= 4 is 11.8 Å². The molecule has 0 aliphatic rings. The predicted octanol–water partition coefficient (Wildman–Crippen LogP) is -0.280. The van der Waals surface area contributed by atoms with Crippen LogP contribution in [0.1, 0.15) is 11.1 Å². The number of hydrogen-bond acceptors (Lipinski definition) is 3. The van der Waals surface area contributed by atoms with Gasteiger partial charge in [-0.2, -0.15) is 0 Å². The van der Waals surface area contributed by atoms with Crippen LogP contribution in [0.3, 0.4) is 0 Å². The van der Waals surface area contributed by atoms with Gasteiger partial charge in [0.1, 0.15) is 0 Å². The third-order valence-electron chi connectivity index (χ3n) is 2.30. The molecule has 0 spiro atoms. The summed E-state index contributed by atoms with van der Waals surface area (Å²) in [4.78, 5) is 22.5. The van der Waals surface area contributed by atoms with Crippen molar-refractivity contribution in [3.05, 3.63) is 35.4 Å². The summed E-state index contributed by atoms with van der Waals surface area (Å²) in [7, 11) is 0. The van der Waals surface area contributed by atoms with Gasteiger partial charge in [-0.3, -0.25) is 9.59 Å². The van der Waals surface area contributed by atoms with Crippen LogP contribution in [0, 0.1) is 6.92 Å². The highest BCUT2D eigenvalue weighted by Crippen LogP contribution is 2.05. The normalized spacial score (nSPS) is 9.76. The molecule has 0 radical (unpaired) electrons. The number of hydrogen-bond donors (Lipinski definition) is 3. The maximum Gasteiger partial charge on any atom is 0.309 e. The molecule has 1 aromatic rings. The van der Waals surface area contributed by atoms with Crippen molar-refractivity contribution in [1.82, 2.24) is 10.6 Å². The van der Waals surface area contributed by atoms with E-state index < -0.39 is 11.8 Å². The van der Waals surface area contributed by atoms with E-state index in [2.05, 4.69) is 10.6 Å². The summed E-state index contributed by atoms with van der Waals surface area (Å²) in [6.07, 6.45) is 0. The van der Waals surface area contributed by atoms with E-state index >= 15 is 0 Å². The molecule has 0 aliphatic carbocycles. The van der Waals surface area contributed by atoms with Crippen molar-refractivity contribution in [2.24, 2.45) is 0 Å². The summed E-state index contributed by atoms with van der Waals surface area (Å²) in [6, 6.07) is 7.61. The maximum absolute atomic E-state index is 11.3. The number of rotatable bonds is 4. The third-order valence-corrected chi connectivity index (χ3v) is 2.30. The van der Waals surface area contributed by atoms with Gasteiger partial charge in [0, 0.05) is 13.1 Å². The van der Waals surface area contributed by atoms with E-state index in [0.29, 0.717) is 6.54 Å². The van der Waals surface area contributed by atoms with E-state index in [0.717, 1.165) is 11.1 Å². The van der Waals surface area contributed by atoms with Crippen molar-refractivity contribution in [2.45, 2.75) is 13.5 Å². The summed E-state index contributed by atoms with van der Waals surface area (Å²) in [5, 5.41) is 13.3. The third kappa shape index (κ3) is 4.24. The van der Waals surface area contributed by atoms with E-state index in [1.165, 1.54) is 0 Å². The van der Waals surface area contributed by atoms with Gasteiger partial charge < -0.3 is 15.7 Å². The smallest absolute Gasteiger partial charge is 0.309 e. The molecule has 1 rings (SSSR count). The lowest BCUT2D eigenvalue weighted by atomic mass is 10.1. The number of carbonyl (C=O) groups excluding carboxylic acids is 2. The Bertz CT molecular complexity index is 404. The molecule has 5 heteroatoms. The van der Waals surface area contributed by atoms with Crippen LogP contribution in [-0.2, 0) is 16.1 Å². The Morgan fingerprint density at radius 3 is 2.47 bits per heavy atom. The van der Waals surface area contributed by atoms with Crippen LogP contribution in [0.15, 0.2) is 24.3 Å². The SMILES string of the molecule is Cc1ccccc1CNC(=O)C(=O)NCCO. The predicted molar refractivity (Wildman–Crippen MR) is 63.1 cm³/mol. The minimum atomic E-state index is -0.729. The van der Waals surface area contributed by atoms with Crippen LogP contribution in [-0.4, -0.2) is 30.1 Å². The van der Waals surface area contributed by atoms with Crippen LogP contribution in [0.5, 0.6) is 0 Å². The van der Waals surface area contributed by atoms with E-state index in [4.69, 9.17) is 5.11 Å². The van der Waals surface area contributed by atoms with Gasteiger partial charge in [-0.1, -0.05) is 24.3 Å². The second-order valence-corrected chi connectivity index (χ2v) is 3.59. The highest BCUT2D eigenvalue weighted by atomic mass is 16.3. The molecule has 0 fully saturated rings. The molecule has 17 heavy (non-hydrogen) atoms. The number of nitrogens with one attached hydrogen (secondary N) is 2. The Hall–Kier alpha value is -1.88. The average molecular weight is 236 g/mol. The van der Waals surface area contributed by atoms with Gasteiger partial charge >= 0.3 is 11.8 Å². The van der Waals surface area contributed by atoms with Gasteiger partial charge in [0.05, 0.1) is 6.61 Å². The van der Waals surface area contributed by atoms with E-state index in [1.807, 2.05) is 31.2 Å². The first-order valence-corrected chi connectivity index (χ1v) is 5.36. The van der Waals surface area contributed by atoms with Crippen molar-refractivity contribution < 1.29 is 14.7 Å². The Kier molecular flexibility index (Phi) is 5.16. The number of carbonyl (C=O) groups is 2. The molecule has 0 aliphatic heterocycles. The monoisotopic (exact) mass is 236 g/mol. The fourth-order valence-corrected chi connectivity index (χ4v) is 1.31. The number of aliphatic hydroxyl groups is 1. The standard InChI is InChI=1S/C12H16N2O3/c1-9-4-2-3-5-10(9)8-14-12(17)11(16)13-6-7-15/h2-5,15H,6-8H2,1H3,(H,13,16)(H,14,17). The fourth-order valence-electron chi connectivity index (χ4n) is 1.31. The van der Waals surface area contributed by atoms with Crippen LogP contribution in [0.25, 0.3) is 0 Å². The lowest BCUT2D eigenvalue weighted by Gasteiger charge is -2.07. The zero-order valence-electron chi connectivity index (χ0n) is 9.69. The van der Waals surface area contributed by atoms with Crippen LogP contribution >= 0.6 is 0 Å². The molecule has 1 aromatic carbocycles. The summed E-state index contributed by atoms with van der Waals surface area (Å²) in [6.45, 7) is 2.15. The van der Waals surface area contributed by atoms with Crippen molar-refractivity contribution in [3.63, 3.8) is 0 Å². The molecule has 0 saturated heterocycles. The van der Waals surface area contributed by atoms with Crippen LogP contribution < -0.4 is 10.6 Å². The molecule has 92 valence electrons. The topological polar surface area (TPSA) is 78.4 Å². The largest absolute Gasteiger partial charge is 0.395 e. The number of aliphatic hydroxyl groups excluding tert-OH is 1. The molecule has 3 N–H and O–H groups in total. The second kappa shape index (κ2) is 6.65. The van der Waals surface area contributed by atoms with Crippen LogP contribution in [0.4, 0.5) is 0 Å². The maximum atomic E-state index is 11.3. The molecule has 0 unspecified atom stereocenters. The quantitative estimate of drug-likeness (QED) is 0.629. The highest BCUT2D eigenvalue weighted by molar-refractivity contribution is 6.35. The fraction of sp³-hybridized carbons (Fsp3) is 0.333. The minimum absolute atomic E-state index is 0.0800. The molecule has 0 atom stereocenters. The Balaban J connectivity index is 2.43. The molecule has 5 nitrogen and oxygen atoms in total. The lowest BCUT2D eigenvalue weighted by molar-refractivity contribution is -0.139. The summed E-state index contributed by atoms with van der Waals surface area (Å²) < 4.78 is 0. The van der Waals surface area contributed by atoms with Gasteiger partial charge in [-0.15, -0.1) is 0 Å². The summed E-state index contributed by atoms with van der Waals surface area (Å²) in [5.74, 6) is -1.42. The molecular formula is C12H16N2O3. The Morgan fingerprint density at radius 2 is 1.82 bits per heavy atom. The van der Waals surface area contributed by atoms with Crippen LogP contribution in [0.2, 0.25) is 0 Å².